The number of ether oxygens (including phenoxy) is 1. The highest BCUT2D eigenvalue weighted by Gasteiger charge is 2.15. The van der Waals surface area contributed by atoms with Gasteiger partial charge in [-0.15, -0.1) is 11.8 Å². The van der Waals surface area contributed by atoms with Gasteiger partial charge in [0.05, 0.1) is 12.4 Å². The summed E-state index contributed by atoms with van der Waals surface area (Å²) in [6, 6.07) is 41.1. The summed E-state index contributed by atoms with van der Waals surface area (Å²) in [5, 5.41) is 8.56. The summed E-state index contributed by atoms with van der Waals surface area (Å²) in [7, 11) is 0. The van der Waals surface area contributed by atoms with Crippen LogP contribution in [0.2, 0.25) is 0 Å². The highest BCUT2D eigenvalue weighted by atomic mass is 32.2. The molecular formula is C40H37N3O4S. The molecule has 0 aliphatic heterocycles. The van der Waals surface area contributed by atoms with Gasteiger partial charge >= 0.3 is 0 Å². The van der Waals surface area contributed by atoms with Crippen molar-refractivity contribution in [1.29, 1.82) is 0 Å². The van der Waals surface area contributed by atoms with E-state index < -0.39 is 5.91 Å². The molecule has 0 heterocycles. The number of hydrogen-bond donors (Lipinski definition) is 3. The van der Waals surface area contributed by atoms with Crippen LogP contribution < -0.4 is 20.7 Å². The minimum atomic E-state index is -0.465. The molecule has 0 unspecified atom stereocenters. The fraction of sp³-hybridized carbons (Fsp3) is 0.125. The Hall–Kier alpha value is -5.60. The first-order chi connectivity index (χ1) is 23.5. The molecule has 0 saturated carbocycles. The Morgan fingerprint density at radius 1 is 0.688 bits per heavy atom. The van der Waals surface area contributed by atoms with Crippen LogP contribution in [0.5, 0.6) is 5.75 Å². The van der Waals surface area contributed by atoms with Crippen molar-refractivity contribution in [2.24, 2.45) is 0 Å². The Balaban J connectivity index is 1.20. The molecule has 0 spiro atoms. The van der Waals surface area contributed by atoms with Gasteiger partial charge < -0.3 is 20.7 Å². The van der Waals surface area contributed by atoms with Crippen LogP contribution in [0.4, 0.5) is 11.4 Å². The number of thioether (sulfide) groups is 1. The first-order valence-corrected chi connectivity index (χ1v) is 16.8. The highest BCUT2D eigenvalue weighted by Crippen LogP contribution is 2.23. The summed E-state index contributed by atoms with van der Waals surface area (Å²) in [5.41, 5.74) is 4.69. The summed E-state index contributed by atoms with van der Waals surface area (Å²) in [4.78, 5) is 39.9. The Bertz CT molecular complexity index is 1820. The average Bonchev–Trinajstić information content (AvgIpc) is 3.13. The molecule has 0 aromatic heterocycles. The van der Waals surface area contributed by atoms with Crippen molar-refractivity contribution in [3.8, 4) is 16.9 Å². The standard InChI is InChI=1S/C40H37N3O4S/c1-2-3-26-47-35-22-18-33(19-23-35)41-38(44)28-48-36-24-20-34(21-25-36)42-40(46)37(43-39(45)32-12-8-5-9-13-32)27-29-14-16-31(17-15-29)30-10-6-4-7-11-30/h4-25,27H,2-3,26,28H2,1H3,(H,41,44)(H,42,46)(H,43,45)/b37-27-. The first-order valence-electron chi connectivity index (χ1n) is 15.8. The van der Waals surface area contributed by atoms with Crippen molar-refractivity contribution < 1.29 is 19.1 Å². The quantitative estimate of drug-likeness (QED) is 0.0632. The topological polar surface area (TPSA) is 96.5 Å². The van der Waals surface area contributed by atoms with Crippen molar-refractivity contribution in [2.75, 3.05) is 23.0 Å². The summed E-state index contributed by atoms with van der Waals surface area (Å²) in [6.07, 6.45) is 3.72. The number of carbonyl (C=O) groups excluding carboxylic acids is 3. The number of unbranched alkanes of at least 4 members (excludes halogenated alkanes) is 1. The molecule has 5 rings (SSSR count). The third-order valence-electron chi connectivity index (χ3n) is 7.24. The highest BCUT2D eigenvalue weighted by molar-refractivity contribution is 8.00. The Morgan fingerprint density at radius 3 is 1.96 bits per heavy atom. The second-order valence-corrected chi connectivity index (χ2v) is 12.0. The molecule has 3 amide bonds. The summed E-state index contributed by atoms with van der Waals surface area (Å²) in [6.45, 7) is 2.79. The molecule has 0 radical (unpaired) electrons. The molecule has 0 atom stereocenters. The maximum Gasteiger partial charge on any atom is 0.272 e. The van der Waals surface area contributed by atoms with Crippen LogP contribution in [0.1, 0.15) is 35.7 Å². The van der Waals surface area contributed by atoms with E-state index in [1.54, 1.807) is 42.5 Å². The second kappa shape index (κ2) is 17.4. The van der Waals surface area contributed by atoms with E-state index in [0.717, 1.165) is 40.2 Å². The molecule has 5 aromatic rings. The molecule has 5 aromatic carbocycles. The zero-order valence-electron chi connectivity index (χ0n) is 26.6. The molecule has 242 valence electrons. The third-order valence-corrected chi connectivity index (χ3v) is 8.26. The van der Waals surface area contributed by atoms with Crippen molar-refractivity contribution in [3.63, 3.8) is 0 Å². The second-order valence-electron chi connectivity index (χ2n) is 10.9. The number of nitrogens with one attached hydrogen (secondary N) is 3. The Kier molecular flexibility index (Phi) is 12.2. The van der Waals surface area contributed by atoms with E-state index in [-0.39, 0.29) is 23.3 Å². The lowest BCUT2D eigenvalue weighted by molar-refractivity contribution is -0.114. The predicted molar refractivity (Wildman–Crippen MR) is 195 cm³/mol. The Labute approximate surface area is 285 Å². The van der Waals surface area contributed by atoms with E-state index in [0.29, 0.717) is 23.5 Å². The lowest BCUT2D eigenvalue weighted by Gasteiger charge is -2.12. The predicted octanol–water partition coefficient (Wildman–Crippen LogP) is 8.67. The van der Waals surface area contributed by atoms with E-state index in [1.807, 2.05) is 97.1 Å². The largest absolute Gasteiger partial charge is 0.494 e. The van der Waals surface area contributed by atoms with Gasteiger partial charge in [-0.2, -0.15) is 0 Å². The van der Waals surface area contributed by atoms with E-state index in [1.165, 1.54) is 11.8 Å². The van der Waals surface area contributed by atoms with Crippen molar-refractivity contribution in [1.82, 2.24) is 5.32 Å². The molecule has 0 saturated heterocycles. The van der Waals surface area contributed by atoms with Crippen LogP contribution in [0, 0.1) is 0 Å². The van der Waals surface area contributed by atoms with Crippen molar-refractivity contribution in [2.45, 2.75) is 24.7 Å². The molecule has 0 fully saturated rings. The number of anilines is 2. The molecule has 3 N–H and O–H groups in total. The zero-order valence-corrected chi connectivity index (χ0v) is 27.5. The van der Waals surface area contributed by atoms with Gasteiger partial charge in [-0.05, 0) is 89.9 Å². The summed E-state index contributed by atoms with van der Waals surface area (Å²) in [5.74, 6) is 0.0219. The SMILES string of the molecule is CCCCOc1ccc(NC(=O)CSc2ccc(NC(=O)/C(=C/c3ccc(-c4ccccc4)cc3)NC(=O)c3ccccc3)cc2)cc1. The number of benzene rings is 5. The lowest BCUT2D eigenvalue weighted by atomic mass is 10.0. The van der Waals surface area contributed by atoms with E-state index >= 15 is 0 Å². The molecule has 0 aliphatic carbocycles. The zero-order chi connectivity index (χ0) is 33.6. The Morgan fingerprint density at radius 2 is 1.29 bits per heavy atom. The third kappa shape index (κ3) is 10.2. The van der Waals surface area contributed by atoms with Crippen LogP contribution in [0.3, 0.4) is 0 Å². The van der Waals surface area contributed by atoms with Gasteiger partial charge in [0, 0.05) is 21.8 Å². The average molecular weight is 656 g/mol. The van der Waals surface area contributed by atoms with Gasteiger partial charge in [0.2, 0.25) is 5.91 Å². The fourth-order valence-electron chi connectivity index (χ4n) is 4.66. The van der Waals surface area contributed by atoms with Crippen molar-refractivity contribution in [3.05, 3.63) is 150 Å². The van der Waals surface area contributed by atoms with Gasteiger partial charge in [-0.25, -0.2) is 0 Å². The summed E-state index contributed by atoms with van der Waals surface area (Å²) >= 11 is 1.39. The van der Waals surface area contributed by atoms with Crippen LogP contribution in [0.15, 0.2) is 144 Å². The lowest BCUT2D eigenvalue weighted by Crippen LogP contribution is -2.30. The van der Waals surface area contributed by atoms with Gasteiger partial charge in [0.15, 0.2) is 0 Å². The maximum absolute atomic E-state index is 13.5. The molecule has 0 bridgehead atoms. The molecular weight excluding hydrogens is 619 g/mol. The minimum Gasteiger partial charge on any atom is -0.494 e. The van der Waals surface area contributed by atoms with Crippen LogP contribution in [-0.4, -0.2) is 30.1 Å². The fourth-order valence-corrected chi connectivity index (χ4v) is 5.36. The van der Waals surface area contributed by atoms with E-state index in [2.05, 4.69) is 22.9 Å². The normalized spacial score (nSPS) is 11.0. The van der Waals surface area contributed by atoms with Gasteiger partial charge in [-0.1, -0.05) is 86.1 Å². The number of amides is 3. The number of carbonyl (C=O) groups is 3. The van der Waals surface area contributed by atoms with Gasteiger partial charge in [0.25, 0.3) is 11.8 Å². The van der Waals surface area contributed by atoms with Crippen LogP contribution in [-0.2, 0) is 9.59 Å². The van der Waals surface area contributed by atoms with Crippen LogP contribution in [0.25, 0.3) is 17.2 Å². The first kappa shape index (κ1) is 33.8. The summed E-state index contributed by atoms with van der Waals surface area (Å²) < 4.78 is 5.67. The van der Waals surface area contributed by atoms with Gasteiger partial charge in [0.1, 0.15) is 11.4 Å². The molecule has 8 heteroatoms. The monoisotopic (exact) mass is 655 g/mol. The molecule has 48 heavy (non-hydrogen) atoms. The van der Waals surface area contributed by atoms with Crippen molar-refractivity contribution >= 4 is 46.9 Å². The number of hydrogen-bond acceptors (Lipinski definition) is 5. The van der Waals surface area contributed by atoms with Gasteiger partial charge in [-0.3, -0.25) is 14.4 Å². The number of rotatable bonds is 14. The minimum absolute atomic E-state index is 0.104. The van der Waals surface area contributed by atoms with E-state index in [9.17, 15) is 14.4 Å². The van der Waals surface area contributed by atoms with Crippen LogP contribution >= 0.6 is 11.8 Å². The molecule has 0 aliphatic rings. The smallest absolute Gasteiger partial charge is 0.272 e. The maximum atomic E-state index is 13.5. The molecule has 7 nitrogen and oxygen atoms in total. The van der Waals surface area contributed by atoms with E-state index in [4.69, 9.17) is 4.74 Å².